The summed E-state index contributed by atoms with van der Waals surface area (Å²) in [7, 11) is 0. The standard InChI is InChI=1S/C12H19BrN2O2/c1-3-5-15(6-7-16)12(17)11-8-10(13)9-14(11)4-2/h8-9,16H,3-7H2,1-2H3. The molecule has 0 unspecified atom stereocenters. The summed E-state index contributed by atoms with van der Waals surface area (Å²) in [5.74, 6) is -0.0200. The van der Waals surface area contributed by atoms with E-state index in [0.717, 1.165) is 17.4 Å². The van der Waals surface area contributed by atoms with Gasteiger partial charge in [-0.15, -0.1) is 0 Å². The Labute approximate surface area is 110 Å². The third-order valence-electron chi connectivity index (χ3n) is 2.57. The minimum atomic E-state index is -0.0200. The molecule has 0 saturated carbocycles. The fraction of sp³-hybridized carbons (Fsp3) is 0.583. The molecule has 17 heavy (non-hydrogen) atoms. The Kier molecular flexibility index (Phi) is 5.71. The fourth-order valence-corrected chi connectivity index (χ4v) is 2.25. The van der Waals surface area contributed by atoms with Crippen LogP contribution in [0.1, 0.15) is 30.8 Å². The van der Waals surface area contributed by atoms with Crippen molar-refractivity contribution in [3.63, 3.8) is 0 Å². The van der Waals surface area contributed by atoms with Crippen molar-refractivity contribution in [2.24, 2.45) is 0 Å². The third-order valence-corrected chi connectivity index (χ3v) is 3.01. The van der Waals surface area contributed by atoms with Crippen LogP contribution in [0.2, 0.25) is 0 Å². The predicted molar refractivity (Wildman–Crippen MR) is 71.1 cm³/mol. The molecular formula is C12H19BrN2O2. The van der Waals surface area contributed by atoms with Crippen LogP contribution in [0, 0.1) is 0 Å². The second-order valence-electron chi connectivity index (χ2n) is 3.85. The molecule has 1 aromatic heterocycles. The van der Waals surface area contributed by atoms with E-state index < -0.39 is 0 Å². The average Bonchev–Trinajstić information content (AvgIpc) is 2.69. The second kappa shape index (κ2) is 6.81. The van der Waals surface area contributed by atoms with Crippen LogP contribution in [-0.4, -0.2) is 40.2 Å². The molecule has 1 amide bonds. The zero-order chi connectivity index (χ0) is 12.8. The minimum Gasteiger partial charge on any atom is -0.395 e. The van der Waals surface area contributed by atoms with E-state index in [1.54, 1.807) is 4.90 Å². The highest BCUT2D eigenvalue weighted by Crippen LogP contribution is 2.16. The molecule has 0 aliphatic heterocycles. The van der Waals surface area contributed by atoms with Crippen LogP contribution < -0.4 is 0 Å². The van der Waals surface area contributed by atoms with Gasteiger partial charge in [0.1, 0.15) is 5.69 Å². The number of aliphatic hydroxyl groups excluding tert-OH is 1. The number of aromatic nitrogens is 1. The van der Waals surface area contributed by atoms with Crippen molar-refractivity contribution in [2.75, 3.05) is 19.7 Å². The van der Waals surface area contributed by atoms with E-state index in [0.29, 0.717) is 18.8 Å². The molecule has 4 nitrogen and oxygen atoms in total. The first-order valence-corrected chi connectivity index (χ1v) is 6.69. The first-order valence-electron chi connectivity index (χ1n) is 5.89. The molecule has 0 aliphatic carbocycles. The van der Waals surface area contributed by atoms with Crippen molar-refractivity contribution in [1.29, 1.82) is 0 Å². The molecule has 0 aromatic carbocycles. The highest BCUT2D eigenvalue weighted by Gasteiger charge is 2.18. The summed E-state index contributed by atoms with van der Waals surface area (Å²) in [5, 5.41) is 8.98. The van der Waals surface area contributed by atoms with E-state index >= 15 is 0 Å². The van der Waals surface area contributed by atoms with Gasteiger partial charge in [-0.1, -0.05) is 6.92 Å². The number of halogens is 1. The second-order valence-corrected chi connectivity index (χ2v) is 4.76. The van der Waals surface area contributed by atoms with Gasteiger partial charge >= 0.3 is 0 Å². The SMILES string of the molecule is CCCN(CCO)C(=O)c1cc(Br)cn1CC. The smallest absolute Gasteiger partial charge is 0.270 e. The van der Waals surface area contributed by atoms with Crippen LogP contribution in [-0.2, 0) is 6.54 Å². The Balaban J connectivity index is 2.91. The van der Waals surface area contributed by atoms with Crippen LogP contribution in [0.15, 0.2) is 16.7 Å². The normalized spacial score (nSPS) is 10.6. The number of hydrogen-bond acceptors (Lipinski definition) is 2. The zero-order valence-corrected chi connectivity index (χ0v) is 11.9. The zero-order valence-electron chi connectivity index (χ0n) is 10.3. The molecular weight excluding hydrogens is 284 g/mol. The first kappa shape index (κ1) is 14.3. The number of amides is 1. The minimum absolute atomic E-state index is 0.000255. The summed E-state index contributed by atoms with van der Waals surface area (Å²) < 4.78 is 2.81. The van der Waals surface area contributed by atoms with Crippen LogP contribution in [0.3, 0.4) is 0 Å². The molecule has 0 bridgehead atoms. The molecule has 1 aromatic rings. The van der Waals surface area contributed by atoms with E-state index in [-0.39, 0.29) is 12.5 Å². The van der Waals surface area contributed by atoms with Crippen molar-refractivity contribution in [3.05, 3.63) is 22.4 Å². The fourth-order valence-electron chi connectivity index (χ4n) is 1.78. The lowest BCUT2D eigenvalue weighted by molar-refractivity contribution is 0.0711. The molecule has 1 heterocycles. The molecule has 5 heteroatoms. The van der Waals surface area contributed by atoms with Crippen molar-refractivity contribution in [1.82, 2.24) is 9.47 Å². The maximum absolute atomic E-state index is 12.3. The Hall–Kier alpha value is -0.810. The number of nitrogens with zero attached hydrogens (tertiary/aromatic N) is 2. The Morgan fingerprint density at radius 3 is 2.71 bits per heavy atom. The molecule has 0 atom stereocenters. The van der Waals surface area contributed by atoms with Gasteiger partial charge < -0.3 is 14.6 Å². The lowest BCUT2D eigenvalue weighted by atomic mass is 10.3. The number of rotatable bonds is 6. The number of aliphatic hydroxyl groups is 1. The maximum atomic E-state index is 12.3. The summed E-state index contributed by atoms with van der Waals surface area (Å²) in [5.41, 5.74) is 0.668. The van der Waals surface area contributed by atoms with E-state index in [1.807, 2.05) is 30.7 Å². The highest BCUT2D eigenvalue weighted by atomic mass is 79.9. The molecule has 0 fully saturated rings. The molecule has 1 rings (SSSR count). The third kappa shape index (κ3) is 3.57. The first-order chi connectivity index (χ1) is 8.13. The Morgan fingerprint density at radius 2 is 2.18 bits per heavy atom. The van der Waals surface area contributed by atoms with Crippen molar-refractivity contribution >= 4 is 21.8 Å². The van der Waals surface area contributed by atoms with E-state index in [4.69, 9.17) is 5.11 Å². The Morgan fingerprint density at radius 1 is 1.47 bits per heavy atom. The van der Waals surface area contributed by atoms with Crippen molar-refractivity contribution in [3.8, 4) is 0 Å². The summed E-state index contributed by atoms with van der Waals surface area (Å²) in [6.07, 6.45) is 2.79. The van der Waals surface area contributed by atoms with Gasteiger partial charge in [-0.25, -0.2) is 0 Å². The molecule has 0 spiro atoms. The van der Waals surface area contributed by atoms with Crippen LogP contribution in [0.4, 0.5) is 0 Å². The van der Waals surface area contributed by atoms with Crippen LogP contribution in [0.25, 0.3) is 0 Å². The molecule has 96 valence electrons. The van der Waals surface area contributed by atoms with Gasteiger partial charge in [-0.05, 0) is 35.3 Å². The number of carbonyl (C=O) groups excluding carboxylic acids is 1. The van der Waals surface area contributed by atoms with Crippen LogP contribution in [0.5, 0.6) is 0 Å². The molecule has 0 saturated heterocycles. The summed E-state index contributed by atoms with van der Waals surface area (Å²) in [6.45, 7) is 5.84. The molecule has 1 N–H and O–H groups in total. The van der Waals surface area contributed by atoms with E-state index in [9.17, 15) is 4.79 Å². The monoisotopic (exact) mass is 302 g/mol. The van der Waals surface area contributed by atoms with Gasteiger partial charge in [-0.2, -0.15) is 0 Å². The number of aryl methyl sites for hydroxylation is 1. The summed E-state index contributed by atoms with van der Waals surface area (Å²) in [6, 6.07) is 1.83. The van der Waals surface area contributed by atoms with Gasteiger partial charge in [-0.3, -0.25) is 4.79 Å². The lowest BCUT2D eigenvalue weighted by Crippen LogP contribution is -2.35. The topological polar surface area (TPSA) is 45.5 Å². The largest absolute Gasteiger partial charge is 0.395 e. The number of carbonyl (C=O) groups is 1. The number of hydrogen-bond donors (Lipinski definition) is 1. The quantitative estimate of drug-likeness (QED) is 0.875. The van der Waals surface area contributed by atoms with E-state index in [2.05, 4.69) is 15.9 Å². The van der Waals surface area contributed by atoms with Crippen molar-refractivity contribution < 1.29 is 9.90 Å². The van der Waals surface area contributed by atoms with Gasteiger partial charge in [0.2, 0.25) is 0 Å². The maximum Gasteiger partial charge on any atom is 0.270 e. The van der Waals surface area contributed by atoms with Crippen molar-refractivity contribution in [2.45, 2.75) is 26.8 Å². The Bertz CT molecular complexity index is 371. The van der Waals surface area contributed by atoms with Gasteiger partial charge in [0, 0.05) is 30.3 Å². The predicted octanol–water partition coefficient (Wildman–Crippen LogP) is 2.12. The van der Waals surface area contributed by atoms with E-state index in [1.165, 1.54) is 0 Å². The summed E-state index contributed by atoms with van der Waals surface area (Å²) >= 11 is 3.38. The summed E-state index contributed by atoms with van der Waals surface area (Å²) in [4.78, 5) is 14.0. The molecule has 0 radical (unpaired) electrons. The van der Waals surface area contributed by atoms with Gasteiger partial charge in [0.15, 0.2) is 0 Å². The lowest BCUT2D eigenvalue weighted by Gasteiger charge is -2.21. The van der Waals surface area contributed by atoms with Gasteiger partial charge in [0.05, 0.1) is 6.61 Å². The highest BCUT2D eigenvalue weighted by molar-refractivity contribution is 9.10. The van der Waals surface area contributed by atoms with Crippen LogP contribution >= 0.6 is 15.9 Å². The molecule has 0 aliphatic rings. The average molecular weight is 303 g/mol. The van der Waals surface area contributed by atoms with Gasteiger partial charge in [0.25, 0.3) is 5.91 Å².